The molecule has 0 aliphatic rings. The molecule has 9 heteroatoms. The summed E-state index contributed by atoms with van der Waals surface area (Å²) >= 11 is 7.37. The number of hydrogen-bond acceptors (Lipinski definition) is 5. The van der Waals surface area contributed by atoms with E-state index < -0.39 is 5.82 Å². The third-order valence-electron chi connectivity index (χ3n) is 3.75. The van der Waals surface area contributed by atoms with E-state index in [9.17, 15) is 9.18 Å². The van der Waals surface area contributed by atoms with E-state index in [1.807, 2.05) is 20.1 Å². The minimum absolute atomic E-state index is 0.1000. The first-order valence-corrected chi connectivity index (χ1v) is 9.01. The van der Waals surface area contributed by atoms with Crippen molar-refractivity contribution in [1.29, 1.82) is 0 Å². The second-order valence-corrected chi connectivity index (χ2v) is 6.60. The number of carbonyl (C=O) groups excluding carboxylic acids is 1. The number of hydrogen-bond donors (Lipinski definition) is 1. The zero-order valence-corrected chi connectivity index (χ0v) is 15.4. The standard InChI is InChI=1S/C16H15ClFN5OS/c1-8-11(9(2)23-15(19-8)21-16(22-23)25-3)7-14(24)20-13-5-4-10(18)6-12(13)17/h4-6H,7H2,1-3H3,(H,20,24). The van der Waals surface area contributed by atoms with E-state index in [-0.39, 0.29) is 17.4 Å². The minimum Gasteiger partial charge on any atom is -0.324 e. The summed E-state index contributed by atoms with van der Waals surface area (Å²) in [6, 6.07) is 3.82. The molecule has 1 N–H and O–H groups in total. The Labute approximate surface area is 152 Å². The highest BCUT2D eigenvalue weighted by Gasteiger charge is 2.16. The number of nitrogens with zero attached hydrogens (tertiary/aromatic N) is 4. The molecule has 2 heterocycles. The van der Waals surface area contributed by atoms with Crippen LogP contribution in [-0.2, 0) is 11.2 Å². The Morgan fingerprint density at radius 2 is 2.12 bits per heavy atom. The molecule has 3 rings (SSSR count). The first-order valence-electron chi connectivity index (χ1n) is 7.40. The fraction of sp³-hybridized carbons (Fsp3) is 0.250. The molecule has 0 aliphatic carbocycles. The van der Waals surface area contributed by atoms with Gasteiger partial charge in [0.15, 0.2) is 0 Å². The molecule has 2 aromatic heterocycles. The van der Waals surface area contributed by atoms with Crippen LogP contribution < -0.4 is 5.32 Å². The summed E-state index contributed by atoms with van der Waals surface area (Å²) in [6.45, 7) is 3.70. The Morgan fingerprint density at radius 1 is 1.36 bits per heavy atom. The number of rotatable bonds is 4. The van der Waals surface area contributed by atoms with Gasteiger partial charge in [0.25, 0.3) is 5.78 Å². The molecule has 1 amide bonds. The molecule has 0 radical (unpaired) electrons. The van der Waals surface area contributed by atoms with Gasteiger partial charge in [-0.1, -0.05) is 23.4 Å². The van der Waals surface area contributed by atoms with Crippen LogP contribution in [0.4, 0.5) is 10.1 Å². The van der Waals surface area contributed by atoms with Gasteiger partial charge in [-0.3, -0.25) is 4.79 Å². The lowest BCUT2D eigenvalue weighted by molar-refractivity contribution is -0.115. The number of anilines is 1. The van der Waals surface area contributed by atoms with Crippen molar-refractivity contribution in [3.05, 3.63) is 46.0 Å². The first kappa shape index (κ1) is 17.6. The van der Waals surface area contributed by atoms with Gasteiger partial charge in [0.2, 0.25) is 11.1 Å². The predicted octanol–water partition coefficient (Wildman–Crippen LogP) is 3.44. The molecule has 0 atom stereocenters. The topological polar surface area (TPSA) is 72.2 Å². The van der Waals surface area contributed by atoms with Gasteiger partial charge >= 0.3 is 0 Å². The number of amides is 1. The van der Waals surface area contributed by atoms with E-state index in [4.69, 9.17) is 11.6 Å². The third kappa shape index (κ3) is 3.59. The minimum atomic E-state index is -0.458. The number of carbonyl (C=O) groups is 1. The highest BCUT2D eigenvalue weighted by Crippen LogP contribution is 2.23. The molecule has 0 saturated carbocycles. The summed E-state index contributed by atoms with van der Waals surface area (Å²) in [4.78, 5) is 21.1. The smallest absolute Gasteiger partial charge is 0.253 e. The van der Waals surface area contributed by atoms with Crippen LogP contribution in [0, 0.1) is 19.7 Å². The van der Waals surface area contributed by atoms with E-state index in [1.165, 1.54) is 23.9 Å². The van der Waals surface area contributed by atoms with E-state index in [0.717, 1.165) is 17.3 Å². The van der Waals surface area contributed by atoms with E-state index >= 15 is 0 Å². The van der Waals surface area contributed by atoms with Crippen LogP contribution in [0.2, 0.25) is 5.02 Å². The van der Waals surface area contributed by atoms with Crippen molar-refractivity contribution in [2.24, 2.45) is 0 Å². The lowest BCUT2D eigenvalue weighted by atomic mass is 10.1. The zero-order valence-electron chi connectivity index (χ0n) is 13.8. The van der Waals surface area contributed by atoms with Crippen molar-refractivity contribution in [3.8, 4) is 0 Å². The number of thioether (sulfide) groups is 1. The molecule has 0 spiro atoms. The zero-order chi connectivity index (χ0) is 18.1. The van der Waals surface area contributed by atoms with Gasteiger partial charge in [0, 0.05) is 17.0 Å². The lowest BCUT2D eigenvalue weighted by Gasteiger charge is -2.11. The number of aromatic nitrogens is 4. The fourth-order valence-electron chi connectivity index (χ4n) is 2.48. The highest BCUT2D eigenvalue weighted by atomic mass is 35.5. The molecule has 0 saturated heterocycles. The van der Waals surface area contributed by atoms with Gasteiger partial charge in [-0.2, -0.15) is 4.98 Å². The van der Waals surface area contributed by atoms with E-state index in [0.29, 0.717) is 22.3 Å². The van der Waals surface area contributed by atoms with Gasteiger partial charge in [0.05, 0.1) is 17.1 Å². The molecule has 3 aromatic rings. The normalized spacial score (nSPS) is 11.1. The Bertz CT molecular complexity index is 975. The number of halogens is 2. The quantitative estimate of drug-likeness (QED) is 0.703. The molecule has 0 unspecified atom stereocenters. The second kappa shape index (κ2) is 6.97. The van der Waals surface area contributed by atoms with Gasteiger partial charge in [-0.15, -0.1) is 5.10 Å². The average molecular weight is 380 g/mol. The van der Waals surface area contributed by atoms with Crippen molar-refractivity contribution in [2.75, 3.05) is 11.6 Å². The SMILES string of the molecule is CSc1nc2nc(C)c(CC(=O)Nc3ccc(F)cc3Cl)c(C)n2n1. The fourth-order valence-corrected chi connectivity index (χ4v) is 3.03. The molecule has 6 nitrogen and oxygen atoms in total. The summed E-state index contributed by atoms with van der Waals surface area (Å²) in [7, 11) is 0. The molecule has 130 valence electrons. The Hall–Kier alpha value is -2.19. The van der Waals surface area contributed by atoms with E-state index in [1.54, 1.807) is 4.52 Å². The molecular weight excluding hydrogens is 365 g/mol. The molecule has 0 fully saturated rings. The number of benzene rings is 1. The summed E-state index contributed by atoms with van der Waals surface area (Å²) in [6.07, 6.45) is 1.99. The summed E-state index contributed by atoms with van der Waals surface area (Å²) in [5.41, 5.74) is 2.64. The van der Waals surface area contributed by atoms with Crippen molar-refractivity contribution >= 4 is 40.7 Å². The Morgan fingerprint density at radius 3 is 2.80 bits per heavy atom. The van der Waals surface area contributed by atoms with Gasteiger partial charge < -0.3 is 5.32 Å². The van der Waals surface area contributed by atoms with Crippen molar-refractivity contribution < 1.29 is 9.18 Å². The van der Waals surface area contributed by atoms with Crippen LogP contribution in [0.25, 0.3) is 5.78 Å². The van der Waals surface area contributed by atoms with Crippen LogP contribution in [-0.4, -0.2) is 31.7 Å². The first-order chi connectivity index (χ1) is 11.9. The second-order valence-electron chi connectivity index (χ2n) is 5.42. The number of aryl methyl sites for hydroxylation is 2. The van der Waals surface area contributed by atoms with Gasteiger partial charge in [-0.25, -0.2) is 13.9 Å². The summed E-state index contributed by atoms with van der Waals surface area (Å²) < 4.78 is 14.7. The third-order valence-corrected chi connectivity index (χ3v) is 4.61. The largest absolute Gasteiger partial charge is 0.324 e. The van der Waals surface area contributed by atoms with Gasteiger partial charge in [0.1, 0.15) is 5.82 Å². The predicted molar refractivity (Wildman–Crippen MR) is 95.8 cm³/mol. The molecule has 1 aromatic carbocycles. The van der Waals surface area contributed by atoms with Crippen LogP contribution in [0.3, 0.4) is 0 Å². The molecular formula is C16H15ClFN5OS. The van der Waals surface area contributed by atoms with E-state index in [2.05, 4.69) is 20.4 Å². The molecule has 25 heavy (non-hydrogen) atoms. The van der Waals surface area contributed by atoms with Crippen LogP contribution in [0.1, 0.15) is 17.0 Å². The number of nitrogens with one attached hydrogen (secondary N) is 1. The highest BCUT2D eigenvalue weighted by molar-refractivity contribution is 7.98. The Kier molecular flexibility index (Phi) is 4.91. The number of fused-ring (bicyclic) bond motifs is 1. The maximum absolute atomic E-state index is 13.1. The summed E-state index contributed by atoms with van der Waals surface area (Å²) in [5, 5.41) is 7.82. The van der Waals surface area contributed by atoms with Crippen LogP contribution in [0.15, 0.2) is 23.4 Å². The van der Waals surface area contributed by atoms with Crippen molar-refractivity contribution in [2.45, 2.75) is 25.4 Å². The van der Waals surface area contributed by atoms with Crippen molar-refractivity contribution in [3.63, 3.8) is 0 Å². The van der Waals surface area contributed by atoms with Crippen molar-refractivity contribution in [1.82, 2.24) is 19.6 Å². The maximum atomic E-state index is 13.1. The average Bonchev–Trinajstić information content (AvgIpc) is 2.97. The monoisotopic (exact) mass is 379 g/mol. The summed E-state index contributed by atoms with van der Waals surface area (Å²) in [5.74, 6) is -0.226. The lowest BCUT2D eigenvalue weighted by Crippen LogP contribution is -2.18. The van der Waals surface area contributed by atoms with Gasteiger partial charge in [-0.05, 0) is 38.3 Å². The maximum Gasteiger partial charge on any atom is 0.253 e. The Balaban J connectivity index is 1.87. The molecule has 0 bridgehead atoms. The molecule has 0 aliphatic heterocycles. The van der Waals surface area contributed by atoms with Crippen LogP contribution >= 0.6 is 23.4 Å². The van der Waals surface area contributed by atoms with Crippen LogP contribution in [0.5, 0.6) is 0 Å².